The van der Waals surface area contributed by atoms with Gasteiger partial charge >= 0.3 is 5.97 Å². The van der Waals surface area contributed by atoms with Crippen LogP contribution in [0.2, 0.25) is 0 Å². The summed E-state index contributed by atoms with van der Waals surface area (Å²) in [7, 11) is 2.92. The van der Waals surface area contributed by atoms with Crippen molar-refractivity contribution in [2.75, 3.05) is 39.2 Å². The Morgan fingerprint density at radius 1 is 1.00 bits per heavy atom. The minimum absolute atomic E-state index is 0.0904. The van der Waals surface area contributed by atoms with Crippen LogP contribution in [-0.2, 0) is 20.7 Å². The van der Waals surface area contributed by atoms with E-state index in [1.165, 1.54) is 44.1 Å². The minimum Gasteiger partial charge on any atom is -0.493 e. The zero-order chi connectivity index (χ0) is 23.6. The maximum Gasteiger partial charge on any atom is 0.340 e. The highest BCUT2D eigenvalue weighted by atomic mass is 32.1. The summed E-state index contributed by atoms with van der Waals surface area (Å²) in [6, 6.07) is 6.70. The van der Waals surface area contributed by atoms with Gasteiger partial charge in [-0.1, -0.05) is 25.3 Å². The van der Waals surface area contributed by atoms with Gasteiger partial charge in [0.1, 0.15) is 0 Å². The van der Waals surface area contributed by atoms with E-state index in [2.05, 4.69) is 5.32 Å². The van der Waals surface area contributed by atoms with E-state index in [0.29, 0.717) is 24.6 Å². The lowest BCUT2D eigenvalue weighted by Gasteiger charge is -2.24. The Balaban J connectivity index is 1.72. The fraction of sp³-hybridized carbons (Fsp3) is 0.458. The molecule has 0 unspecified atom stereocenters. The van der Waals surface area contributed by atoms with Crippen molar-refractivity contribution in [3.05, 3.63) is 40.1 Å². The number of carbonyl (C=O) groups is 3. The number of methoxy groups -OCH3 is 2. The molecule has 1 fully saturated rings. The predicted molar refractivity (Wildman–Crippen MR) is 126 cm³/mol. The standard InChI is InChI=1S/C24H30N2O6S/c1-30-20-14-18(24(29)32-16-23(28)26-10-6-4-3-5-7-11-26)19(15-21(20)31-2)25-22(27)13-17-9-8-12-33-17/h8-9,12,14-15H,3-7,10-11,13,16H2,1-2H3,(H,25,27). The van der Waals surface area contributed by atoms with Gasteiger partial charge < -0.3 is 24.4 Å². The van der Waals surface area contributed by atoms with Crippen LogP contribution in [0.3, 0.4) is 0 Å². The fourth-order valence-corrected chi connectivity index (χ4v) is 4.41. The van der Waals surface area contributed by atoms with E-state index in [1.54, 1.807) is 4.90 Å². The van der Waals surface area contributed by atoms with Crippen molar-refractivity contribution >= 4 is 34.8 Å². The van der Waals surface area contributed by atoms with E-state index < -0.39 is 5.97 Å². The highest BCUT2D eigenvalue weighted by molar-refractivity contribution is 7.10. The molecular formula is C24H30N2O6S. The third-order valence-corrected chi connectivity index (χ3v) is 6.34. The number of nitrogens with one attached hydrogen (secondary N) is 1. The lowest BCUT2D eigenvalue weighted by molar-refractivity contribution is -0.134. The van der Waals surface area contributed by atoms with Crippen molar-refractivity contribution in [3.8, 4) is 11.5 Å². The average Bonchev–Trinajstić information content (AvgIpc) is 3.29. The summed E-state index contributed by atoms with van der Waals surface area (Å²) in [4.78, 5) is 40.7. The maximum absolute atomic E-state index is 12.9. The van der Waals surface area contributed by atoms with Crippen LogP contribution in [0.1, 0.15) is 47.3 Å². The van der Waals surface area contributed by atoms with E-state index in [9.17, 15) is 14.4 Å². The number of likely N-dealkylation sites (tertiary alicyclic amines) is 1. The second-order valence-electron chi connectivity index (χ2n) is 7.78. The van der Waals surface area contributed by atoms with Gasteiger partial charge in [-0.2, -0.15) is 0 Å². The van der Waals surface area contributed by atoms with Crippen LogP contribution >= 0.6 is 11.3 Å². The molecule has 1 N–H and O–H groups in total. The van der Waals surface area contributed by atoms with E-state index in [0.717, 1.165) is 30.6 Å². The lowest BCUT2D eigenvalue weighted by Crippen LogP contribution is -2.37. The lowest BCUT2D eigenvalue weighted by atomic mass is 10.1. The molecule has 0 radical (unpaired) electrons. The molecule has 178 valence electrons. The topological polar surface area (TPSA) is 94.2 Å². The molecule has 3 rings (SSSR count). The van der Waals surface area contributed by atoms with Crippen molar-refractivity contribution < 1.29 is 28.6 Å². The Hall–Kier alpha value is -3.07. The SMILES string of the molecule is COc1cc(NC(=O)Cc2cccs2)c(C(=O)OCC(=O)N2CCCCCCC2)cc1OC. The largest absolute Gasteiger partial charge is 0.493 e. The Kier molecular flexibility index (Phi) is 9.12. The van der Waals surface area contributed by atoms with E-state index in [-0.39, 0.29) is 36.1 Å². The number of carbonyl (C=O) groups excluding carboxylic acids is 3. The van der Waals surface area contributed by atoms with Gasteiger partial charge in [-0.15, -0.1) is 11.3 Å². The molecule has 0 spiro atoms. The second kappa shape index (κ2) is 12.2. The van der Waals surface area contributed by atoms with Crippen molar-refractivity contribution in [3.63, 3.8) is 0 Å². The zero-order valence-corrected chi connectivity index (χ0v) is 19.9. The summed E-state index contributed by atoms with van der Waals surface area (Å²) in [5.74, 6) is -0.541. The Bertz CT molecular complexity index is 952. The molecule has 1 aliphatic rings. The number of hydrogen-bond acceptors (Lipinski definition) is 7. The molecule has 1 aliphatic heterocycles. The van der Waals surface area contributed by atoms with Crippen LogP contribution in [0.5, 0.6) is 11.5 Å². The number of rotatable bonds is 8. The zero-order valence-electron chi connectivity index (χ0n) is 19.1. The maximum atomic E-state index is 12.9. The van der Waals surface area contributed by atoms with Crippen molar-refractivity contribution in [1.29, 1.82) is 0 Å². The van der Waals surface area contributed by atoms with Gasteiger partial charge in [-0.25, -0.2) is 4.79 Å². The Labute approximate surface area is 197 Å². The third-order valence-electron chi connectivity index (χ3n) is 5.47. The summed E-state index contributed by atoms with van der Waals surface area (Å²) in [6.07, 6.45) is 5.48. The van der Waals surface area contributed by atoms with Crippen LogP contribution in [0, 0.1) is 0 Å². The summed E-state index contributed by atoms with van der Waals surface area (Å²) in [5, 5.41) is 4.65. The van der Waals surface area contributed by atoms with Gasteiger partial charge in [0.15, 0.2) is 18.1 Å². The van der Waals surface area contributed by atoms with Crippen molar-refractivity contribution in [1.82, 2.24) is 4.90 Å². The molecule has 0 atom stereocenters. The van der Waals surface area contributed by atoms with E-state index in [4.69, 9.17) is 14.2 Å². The molecule has 2 aromatic rings. The van der Waals surface area contributed by atoms with Crippen LogP contribution in [-0.4, -0.2) is 56.6 Å². The Morgan fingerprint density at radius 3 is 2.30 bits per heavy atom. The molecule has 9 heteroatoms. The van der Waals surface area contributed by atoms with Gasteiger partial charge in [0, 0.05) is 30.1 Å². The Morgan fingerprint density at radius 2 is 1.67 bits per heavy atom. The van der Waals surface area contributed by atoms with Crippen LogP contribution in [0.4, 0.5) is 5.69 Å². The molecule has 0 saturated carbocycles. The quantitative estimate of drug-likeness (QED) is 0.584. The van der Waals surface area contributed by atoms with Crippen molar-refractivity contribution in [2.24, 2.45) is 0 Å². The van der Waals surface area contributed by atoms with Gasteiger partial charge in [-0.05, 0) is 24.3 Å². The number of thiophene rings is 1. The average molecular weight is 475 g/mol. The van der Waals surface area contributed by atoms with Gasteiger partial charge in [0.25, 0.3) is 5.91 Å². The summed E-state index contributed by atoms with van der Waals surface area (Å²) >= 11 is 1.47. The van der Waals surface area contributed by atoms with Gasteiger partial charge in [0.05, 0.1) is 31.9 Å². The molecule has 8 nitrogen and oxygen atoms in total. The molecule has 1 saturated heterocycles. The number of anilines is 1. The third kappa shape index (κ3) is 6.95. The van der Waals surface area contributed by atoms with Crippen LogP contribution in [0.25, 0.3) is 0 Å². The first-order valence-corrected chi connectivity index (χ1v) is 11.9. The number of esters is 1. The number of benzene rings is 1. The highest BCUT2D eigenvalue weighted by Gasteiger charge is 2.22. The van der Waals surface area contributed by atoms with Crippen molar-refractivity contribution in [2.45, 2.75) is 38.5 Å². The molecule has 1 aromatic heterocycles. The molecule has 2 amide bonds. The molecule has 2 heterocycles. The van der Waals surface area contributed by atoms with Gasteiger partial charge in [0.2, 0.25) is 5.91 Å². The number of amides is 2. The minimum atomic E-state index is -0.720. The summed E-state index contributed by atoms with van der Waals surface area (Å²) in [6.45, 7) is 1.00. The van der Waals surface area contributed by atoms with E-state index >= 15 is 0 Å². The highest BCUT2D eigenvalue weighted by Crippen LogP contribution is 2.34. The van der Waals surface area contributed by atoms with Crippen LogP contribution in [0.15, 0.2) is 29.6 Å². The second-order valence-corrected chi connectivity index (χ2v) is 8.81. The first-order valence-electron chi connectivity index (χ1n) is 11.0. The molecule has 0 aliphatic carbocycles. The van der Waals surface area contributed by atoms with Gasteiger partial charge in [-0.3, -0.25) is 9.59 Å². The van der Waals surface area contributed by atoms with Crippen LogP contribution < -0.4 is 14.8 Å². The molecule has 0 bridgehead atoms. The van der Waals surface area contributed by atoms with E-state index in [1.807, 2.05) is 17.5 Å². The summed E-state index contributed by atoms with van der Waals surface area (Å²) < 4.78 is 16.0. The normalized spacial score (nSPS) is 14.1. The number of ether oxygens (including phenoxy) is 3. The summed E-state index contributed by atoms with van der Waals surface area (Å²) in [5.41, 5.74) is 0.325. The monoisotopic (exact) mass is 474 g/mol. The fourth-order valence-electron chi connectivity index (χ4n) is 3.71. The molecule has 33 heavy (non-hydrogen) atoms. The number of hydrogen-bond donors (Lipinski definition) is 1. The predicted octanol–water partition coefficient (Wildman–Crippen LogP) is 3.90. The number of nitrogens with zero attached hydrogens (tertiary/aromatic N) is 1. The first kappa shape index (κ1) is 24.6. The smallest absolute Gasteiger partial charge is 0.340 e. The molecule has 1 aromatic carbocycles. The first-order chi connectivity index (χ1) is 16.0. The molecular weight excluding hydrogens is 444 g/mol.